The van der Waals surface area contributed by atoms with E-state index in [1.807, 2.05) is 27.7 Å². The highest BCUT2D eigenvalue weighted by molar-refractivity contribution is 5.72. The van der Waals surface area contributed by atoms with E-state index in [4.69, 9.17) is 9.47 Å². The second-order valence-electron chi connectivity index (χ2n) is 4.68. The second-order valence-corrected chi connectivity index (χ2v) is 4.68. The lowest BCUT2D eigenvalue weighted by Gasteiger charge is -2.09. The molecule has 0 N–H and O–H groups in total. The number of allylic oxidation sites excluding steroid dienone is 2. The summed E-state index contributed by atoms with van der Waals surface area (Å²) in [7, 11) is 0. The average molecular weight is 282 g/mol. The Bertz CT molecular complexity index is 310. The minimum atomic E-state index is -0.236. The first kappa shape index (κ1) is 18.4. The summed E-state index contributed by atoms with van der Waals surface area (Å²) < 4.78 is 10.2. The molecule has 0 saturated carbocycles. The van der Waals surface area contributed by atoms with Crippen LogP contribution in [0.5, 0.6) is 0 Å². The molecule has 2 atom stereocenters. The van der Waals surface area contributed by atoms with E-state index in [0.29, 0.717) is 0 Å². The van der Waals surface area contributed by atoms with Crippen LogP contribution in [0.25, 0.3) is 0 Å². The van der Waals surface area contributed by atoms with Gasteiger partial charge in [0.25, 0.3) is 0 Å². The Kier molecular flexibility index (Phi) is 10.4. The van der Waals surface area contributed by atoms with E-state index in [2.05, 4.69) is 0 Å². The quantitative estimate of drug-likeness (QED) is 0.479. The van der Waals surface area contributed by atoms with Crippen LogP contribution in [-0.4, -0.2) is 24.1 Å². The fourth-order valence-electron chi connectivity index (χ4n) is 1.20. The van der Waals surface area contributed by atoms with E-state index in [9.17, 15) is 9.59 Å². The average Bonchev–Trinajstić information content (AvgIpc) is 2.42. The minimum absolute atomic E-state index is 0.0400. The Morgan fingerprint density at radius 1 is 0.850 bits per heavy atom. The second kappa shape index (κ2) is 11.3. The standard InChI is InChI=1S/C16H26O4/c1-5-13(3)19-15(17)11-9-7-8-10-12-16(18)20-14(4)6-2/h7-10,13-14H,5-6,11-12H2,1-4H3/b9-7+,10-8+. The van der Waals surface area contributed by atoms with Gasteiger partial charge >= 0.3 is 11.9 Å². The summed E-state index contributed by atoms with van der Waals surface area (Å²) in [5, 5.41) is 0. The van der Waals surface area contributed by atoms with Crippen LogP contribution in [0, 0.1) is 0 Å². The highest BCUT2D eigenvalue weighted by Crippen LogP contribution is 2.01. The zero-order valence-corrected chi connectivity index (χ0v) is 12.9. The number of hydrogen-bond donors (Lipinski definition) is 0. The number of esters is 2. The van der Waals surface area contributed by atoms with Crippen molar-refractivity contribution in [1.29, 1.82) is 0 Å². The summed E-state index contributed by atoms with van der Waals surface area (Å²) in [6.45, 7) is 7.67. The molecule has 0 heterocycles. The van der Waals surface area contributed by atoms with Crippen LogP contribution in [0.15, 0.2) is 24.3 Å². The van der Waals surface area contributed by atoms with Crippen LogP contribution in [-0.2, 0) is 19.1 Å². The van der Waals surface area contributed by atoms with E-state index in [1.54, 1.807) is 24.3 Å². The van der Waals surface area contributed by atoms with Gasteiger partial charge in [0.05, 0.1) is 25.0 Å². The van der Waals surface area contributed by atoms with Gasteiger partial charge in [-0.1, -0.05) is 38.2 Å². The Balaban J connectivity index is 3.81. The summed E-state index contributed by atoms with van der Waals surface area (Å²) in [6, 6.07) is 0. The molecule has 0 aliphatic carbocycles. The molecule has 4 nitrogen and oxygen atoms in total. The zero-order valence-electron chi connectivity index (χ0n) is 12.9. The minimum Gasteiger partial charge on any atom is -0.462 e. The zero-order chi connectivity index (χ0) is 15.4. The van der Waals surface area contributed by atoms with Gasteiger partial charge in [0, 0.05) is 0 Å². The van der Waals surface area contributed by atoms with Crippen molar-refractivity contribution in [3.63, 3.8) is 0 Å². The molecule has 0 spiro atoms. The SMILES string of the molecule is CCC(C)OC(=O)C/C=C/C=C/CC(=O)OC(C)CC. The van der Waals surface area contributed by atoms with Gasteiger partial charge in [-0.3, -0.25) is 9.59 Å². The lowest BCUT2D eigenvalue weighted by Crippen LogP contribution is -2.12. The van der Waals surface area contributed by atoms with Gasteiger partial charge < -0.3 is 9.47 Å². The largest absolute Gasteiger partial charge is 0.462 e. The summed E-state index contributed by atoms with van der Waals surface area (Å²) in [5.74, 6) is -0.472. The molecule has 0 aromatic rings. The van der Waals surface area contributed by atoms with Crippen LogP contribution in [0.3, 0.4) is 0 Å². The molecule has 20 heavy (non-hydrogen) atoms. The lowest BCUT2D eigenvalue weighted by atomic mass is 10.3. The van der Waals surface area contributed by atoms with Crippen molar-refractivity contribution in [3.8, 4) is 0 Å². The van der Waals surface area contributed by atoms with Crippen molar-refractivity contribution in [2.45, 2.75) is 65.6 Å². The molecule has 4 heteroatoms. The molecule has 0 fully saturated rings. The van der Waals surface area contributed by atoms with E-state index in [-0.39, 0.29) is 37.0 Å². The Hall–Kier alpha value is -1.58. The van der Waals surface area contributed by atoms with Crippen molar-refractivity contribution < 1.29 is 19.1 Å². The van der Waals surface area contributed by atoms with Gasteiger partial charge in [0.2, 0.25) is 0 Å². The lowest BCUT2D eigenvalue weighted by molar-refractivity contribution is -0.148. The van der Waals surface area contributed by atoms with Crippen LogP contribution in [0.4, 0.5) is 0 Å². The molecule has 0 aliphatic rings. The molecule has 0 radical (unpaired) electrons. The maximum absolute atomic E-state index is 11.3. The summed E-state index contributed by atoms with van der Waals surface area (Å²) in [6.07, 6.45) is 8.91. The van der Waals surface area contributed by atoms with Gasteiger partial charge in [-0.2, -0.15) is 0 Å². The highest BCUT2D eigenvalue weighted by Gasteiger charge is 2.05. The van der Waals surface area contributed by atoms with Crippen molar-refractivity contribution in [1.82, 2.24) is 0 Å². The van der Waals surface area contributed by atoms with E-state index < -0.39 is 0 Å². The Labute approximate surface area is 121 Å². The van der Waals surface area contributed by atoms with Crippen molar-refractivity contribution in [2.24, 2.45) is 0 Å². The van der Waals surface area contributed by atoms with E-state index in [1.165, 1.54) is 0 Å². The third-order valence-electron chi connectivity index (χ3n) is 2.77. The maximum atomic E-state index is 11.3. The van der Waals surface area contributed by atoms with Gasteiger partial charge in [-0.05, 0) is 26.7 Å². The molecule has 114 valence electrons. The first-order valence-corrected chi connectivity index (χ1v) is 7.20. The van der Waals surface area contributed by atoms with Gasteiger partial charge in [0.1, 0.15) is 0 Å². The van der Waals surface area contributed by atoms with Crippen LogP contribution in [0.2, 0.25) is 0 Å². The van der Waals surface area contributed by atoms with Crippen LogP contribution < -0.4 is 0 Å². The number of ether oxygens (including phenoxy) is 2. The summed E-state index contributed by atoms with van der Waals surface area (Å²) in [4.78, 5) is 22.7. The van der Waals surface area contributed by atoms with Crippen molar-refractivity contribution >= 4 is 11.9 Å². The van der Waals surface area contributed by atoms with Gasteiger partial charge in [0.15, 0.2) is 0 Å². The summed E-state index contributed by atoms with van der Waals surface area (Å²) >= 11 is 0. The molecule has 0 aromatic carbocycles. The van der Waals surface area contributed by atoms with Gasteiger partial charge in [-0.15, -0.1) is 0 Å². The molecule has 2 unspecified atom stereocenters. The molecule has 0 amide bonds. The van der Waals surface area contributed by atoms with Gasteiger partial charge in [-0.25, -0.2) is 0 Å². The number of carbonyl (C=O) groups is 2. The normalized spacial score (nSPS) is 14.4. The molecule has 0 aromatic heterocycles. The maximum Gasteiger partial charge on any atom is 0.309 e. The molecule has 0 bridgehead atoms. The number of carbonyl (C=O) groups excluding carboxylic acids is 2. The number of hydrogen-bond acceptors (Lipinski definition) is 4. The van der Waals surface area contributed by atoms with Crippen molar-refractivity contribution in [2.75, 3.05) is 0 Å². The smallest absolute Gasteiger partial charge is 0.309 e. The Morgan fingerprint density at radius 3 is 1.50 bits per heavy atom. The number of rotatable bonds is 9. The monoisotopic (exact) mass is 282 g/mol. The highest BCUT2D eigenvalue weighted by atomic mass is 16.5. The van der Waals surface area contributed by atoms with E-state index >= 15 is 0 Å². The Morgan fingerprint density at radius 2 is 1.20 bits per heavy atom. The first-order chi connectivity index (χ1) is 9.49. The predicted molar refractivity (Wildman–Crippen MR) is 79.2 cm³/mol. The topological polar surface area (TPSA) is 52.6 Å². The molecule has 0 aliphatic heterocycles. The third kappa shape index (κ3) is 10.4. The molecular formula is C16H26O4. The first-order valence-electron chi connectivity index (χ1n) is 7.20. The van der Waals surface area contributed by atoms with Crippen LogP contribution >= 0.6 is 0 Å². The fraction of sp³-hybridized carbons (Fsp3) is 0.625. The summed E-state index contributed by atoms with van der Waals surface area (Å²) in [5.41, 5.74) is 0. The van der Waals surface area contributed by atoms with E-state index in [0.717, 1.165) is 12.8 Å². The molecule has 0 rings (SSSR count). The molecule has 0 saturated heterocycles. The predicted octanol–water partition coefficient (Wildman–Crippen LogP) is 3.56. The fourth-order valence-corrected chi connectivity index (χ4v) is 1.20. The van der Waals surface area contributed by atoms with Crippen LogP contribution in [0.1, 0.15) is 53.4 Å². The molecular weight excluding hydrogens is 256 g/mol. The third-order valence-corrected chi connectivity index (χ3v) is 2.77. The van der Waals surface area contributed by atoms with Crippen molar-refractivity contribution in [3.05, 3.63) is 24.3 Å².